The van der Waals surface area contributed by atoms with E-state index in [0.29, 0.717) is 17.6 Å². The van der Waals surface area contributed by atoms with Crippen molar-refractivity contribution in [2.24, 2.45) is 0 Å². The average molecular weight is 457 g/mol. The highest BCUT2D eigenvalue weighted by molar-refractivity contribution is 6.74. The first kappa shape index (κ1) is 30.6. The molecule has 0 aromatic heterocycles. The number of methoxy groups -OCH3 is 1. The Balaban J connectivity index is 3.58. The molecule has 186 valence electrons. The maximum absolute atomic E-state index is 11.0. The fourth-order valence-electron chi connectivity index (χ4n) is 3.87. The normalized spacial score (nSPS) is 13.4. The number of esters is 1. The number of carbonyl (C=O) groups excluding carboxylic acids is 1. The van der Waals surface area contributed by atoms with Gasteiger partial charge in [0.05, 0.1) is 7.11 Å². The molecule has 0 bridgehead atoms. The van der Waals surface area contributed by atoms with Crippen LogP contribution in [0.2, 0.25) is 18.1 Å². The minimum Gasteiger partial charge on any atom is -0.469 e. The summed E-state index contributed by atoms with van der Waals surface area (Å²) in [7, 11) is -0.168. The first-order valence-corrected chi connectivity index (χ1v) is 16.3. The predicted molar refractivity (Wildman–Crippen MR) is 138 cm³/mol. The van der Waals surface area contributed by atoms with Crippen LogP contribution >= 0.6 is 0 Å². The number of rotatable bonds is 20. The van der Waals surface area contributed by atoms with Crippen LogP contribution in [0.1, 0.15) is 137 Å². The summed E-state index contributed by atoms with van der Waals surface area (Å²) in [6, 6.07) is 0. The van der Waals surface area contributed by atoms with Crippen LogP contribution < -0.4 is 0 Å². The van der Waals surface area contributed by atoms with Crippen molar-refractivity contribution in [2.75, 3.05) is 7.11 Å². The molecule has 0 aromatic carbocycles. The summed E-state index contributed by atoms with van der Waals surface area (Å²) in [5.74, 6) is -0.0692. The second-order valence-corrected chi connectivity index (χ2v) is 15.8. The lowest BCUT2D eigenvalue weighted by molar-refractivity contribution is -0.140. The maximum Gasteiger partial charge on any atom is 0.305 e. The van der Waals surface area contributed by atoms with Crippen molar-refractivity contribution in [2.45, 2.75) is 161 Å². The van der Waals surface area contributed by atoms with Crippen LogP contribution in [0, 0.1) is 0 Å². The van der Waals surface area contributed by atoms with E-state index in [2.05, 4.69) is 45.5 Å². The number of hydrogen-bond donors (Lipinski definition) is 0. The van der Waals surface area contributed by atoms with Crippen molar-refractivity contribution in [1.29, 1.82) is 0 Å². The zero-order valence-corrected chi connectivity index (χ0v) is 23.3. The van der Waals surface area contributed by atoms with Gasteiger partial charge in [0, 0.05) is 12.5 Å². The number of carbonyl (C=O) groups is 1. The van der Waals surface area contributed by atoms with Crippen molar-refractivity contribution in [3.8, 4) is 0 Å². The van der Waals surface area contributed by atoms with Gasteiger partial charge in [-0.15, -0.1) is 0 Å². The quantitative estimate of drug-likeness (QED) is 0.104. The van der Waals surface area contributed by atoms with Crippen molar-refractivity contribution in [3.63, 3.8) is 0 Å². The van der Waals surface area contributed by atoms with Gasteiger partial charge in [0.2, 0.25) is 0 Å². The van der Waals surface area contributed by atoms with E-state index in [9.17, 15) is 4.79 Å². The summed E-state index contributed by atoms with van der Waals surface area (Å²) in [6.45, 7) is 14.1. The fourth-order valence-corrected chi connectivity index (χ4v) is 5.29. The third-order valence-electron chi connectivity index (χ3n) is 7.01. The third kappa shape index (κ3) is 16.9. The Kier molecular flexibility index (Phi) is 17.9. The Bertz CT molecular complexity index is 429. The van der Waals surface area contributed by atoms with E-state index in [0.717, 1.165) is 12.8 Å². The van der Waals surface area contributed by atoms with E-state index in [1.54, 1.807) is 0 Å². The monoisotopic (exact) mass is 456 g/mol. The van der Waals surface area contributed by atoms with Crippen LogP contribution in [-0.2, 0) is 14.0 Å². The van der Waals surface area contributed by atoms with Gasteiger partial charge in [-0.1, -0.05) is 111 Å². The Morgan fingerprint density at radius 2 is 1.16 bits per heavy atom. The van der Waals surface area contributed by atoms with Gasteiger partial charge in [-0.25, -0.2) is 0 Å². The minimum atomic E-state index is -1.64. The molecule has 31 heavy (non-hydrogen) atoms. The molecule has 0 aliphatic rings. The Morgan fingerprint density at radius 1 is 0.742 bits per heavy atom. The van der Waals surface area contributed by atoms with Crippen LogP contribution in [-0.4, -0.2) is 27.5 Å². The van der Waals surface area contributed by atoms with Gasteiger partial charge >= 0.3 is 5.97 Å². The summed E-state index contributed by atoms with van der Waals surface area (Å²) >= 11 is 0. The van der Waals surface area contributed by atoms with Gasteiger partial charge in [-0.05, 0) is 37.4 Å². The number of ether oxygens (including phenoxy) is 1. The predicted octanol–water partition coefficient (Wildman–Crippen LogP) is 9.20. The van der Waals surface area contributed by atoms with Crippen LogP contribution in [0.5, 0.6) is 0 Å². The van der Waals surface area contributed by atoms with Crippen LogP contribution in [0.3, 0.4) is 0 Å². The second kappa shape index (κ2) is 18.1. The summed E-state index contributed by atoms with van der Waals surface area (Å²) < 4.78 is 11.4. The average Bonchev–Trinajstić information content (AvgIpc) is 2.69. The zero-order valence-electron chi connectivity index (χ0n) is 22.3. The molecule has 0 fully saturated rings. The summed E-state index contributed by atoms with van der Waals surface area (Å²) in [5.41, 5.74) is 0. The van der Waals surface area contributed by atoms with Gasteiger partial charge in [-0.3, -0.25) is 4.79 Å². The van der Waals surface area contributed by atoms with E-state index >= 15 is 0 Å². The maximum atomic E-state index is 11.0. The largest absolute Gasteiger partial charge is 0.469 e. The highest BCUT2D eigenvalue weighted by Gasteiger charge is 2.38. The molecular formula is C27H56O3Si. The molecule has 0 spiro atoms. The SMILES string of the molecule is CCCC(CCCCCCCCCCCCCCCC(=O)OC)O[Si](C)(C)C(C)(C)C. The molecule has 0 N–H and O–H groups in total. The third-order valence-corrected chi connectivity index (χ3v) is 11.5. The molecule has 0 aromatic rings. The molecule has 1 atom stereocenters. The van der Waals surface area contributed by atoms with Crippen molar-refractivity contribution >= 4 is 14.3 Å². The smallest absolute Gasteiger partial charge is 0.305 e. The first-order chi connectivity index (χ1) is 14.6. The van der Waals surface area contributed by atoms with Crippen molar-refractivity contribution in [3.05, 3.63) is 0 Å². The van der Waals surface area contributed by atoms with E-state index in [4.69, 9.17) is 4.43 Å². The lowest BCUT2D eigenvalue weighted by atomic mass is 10.0. The van der Waals surface area contributed by atoms with Gasteiger partial charge in [0.25, 0.3) is 0 Å². The number of hydrogen-bond acceptors (Lipinski definition) is 3. The van der Waals surface area contributed by atoms with Crippen LogP contribution in [0.25, 0.3) is 0 Å². The number of unbranched alkanes of at least 4 members (excludes halogenated alkanes) is 12. The lowest BCUT2D eigenvalue weighted by Crippen LogP contribution is -2.43. The summed E-state index contributed by atoms with van der Waals surface area (Å²) in [4.78, 5) is 11.0. The summed E-state index contributed by atoms with van der Waals surface area (Å²) in [5, 5.41) is 0.309. The molecule has 0 aliphatic carbocycles. The molecule has 3 nitrogen and oxygen atoms in total. The molecular weight excluding hydrogens is 400 g/mol. The molecule has 0 heterocycles. The van der Waals surface area contributed by atoms with Crippen molar-refractivity contribution in [1.82, 2.24) is 0 Å². The molecule has 0 aliphatic heterocycles. The molecule has 0 saturated carbocycles. The molecule has 0 radical (unpaired) electrons. The van der Waals surface area contributed by atoms with E-state index in [1.807, 2.05) is 0 Å². The Morgan fingerprint density at radius 3 is 1.55 bits per heavy atom. The van der Waals surface area contributed by atoms with Gasteiger partial charge in [0.1, 0.15) is 0 Å². The van der Waals surface area contributed by atoms with Gasteiger partial charge in [-0.2, -0.15) is 0 Å². The van der Waals surface area contributed by atoms with Crippen LogP contribution in [0.4, 0.5) is 0 Å². The van der Waals surface area contributed by atoms with Gasteiger partial charge in [0.15, 0.2) is 8.32 Å². The van der Waals surface area contributed by atoms with Gasteiger partial charge < -0.3 is 9.16 Å². The second-order valence-electron chi connectivity index (χ2n) is 11.0. The lowest BCUT2D eigenvalue weighted by Gasteiger charge is -2.39. The molecule has 0 saturated heterocycles. The van der Waals surface area contributed by atoms with E-state index in [1.165, 1.54) is 97.0 Å². The zero-order chi connectivity index (χ0) is 23.6. The highest BCUT2D eigenvalue weighted by Crippen LogP contribution is 2.38. The molecule has 4 heteroatoms. The fraction of sp³-hybridized carbons (Fsp3) is 0.963. The molecule has 0 rings (SSSR count). The summed E-state index contributed by atoms with van der Waals surface area (Å²) in [6.07, 6.45) is 21.9. The minimum absolute atomic E-state index is 0.0692. The van der Waals surface area contributed by atoms with E-state index in [-0.39, 0.29) is 5.97 Å². The molecule has 0 amide bonds. The first-order valence-electron chi connectivity index (χ1n) is 13.4. The Hall–Kier alpha value is -0.353. The van der Waals surface area contributed by atoms with Crippen LogP contribution in [0.15, 0.2) is 0 Å². The van der Waals surface area contributed by atoms with E-state index < -0.39 is 8.32 Å². The highest BCUT2D eigenvalue weighted by atomic mass is 28.4. The van der Waals surface area contributed by atoms with Crippen molar-refractivity contribution < 1.29 is 14.0 Å². The molecule has 1 unspecified atom stereocenters. The topological polar surface area (TPSA) is 35.5 Å². The Labute approximate surface area is 196 Å². The standard InChI is InChI=1S/C27H56O3Si/c1-8-22-25(30-31(6,7)27(2,3)4)23-20-18-16-14-12-10-9-11-13-15-17-19-21-24-26(28)29-5/h25H,8-24H2,1-7H3.